The van der Waals surface area contributed by atoms with Crippen molar-refractivity contribution < 1.29 is 24.2 Å². The van der Waals surface area contributed by atoms with Gasteiger partial charge in [-0.15, -0.1) is 0 Å². The maximum Gasteiger partial charge on any atom is 0.408 e. The highest BCUT2D eigenvalue weighted by atomic mass is 16.6. The van der Waals surface area contributed by atoms with Crippen LogP contribution in [0.5, 0.6) is 0 Å². The zero-order chi connectivity index (χ0) is 25.6. The first-order valence-corrected chi connectivity index (χ1v) is 12.7. The number of hydrogen-bond acceptors (Lipinski definition) is 5. The number of carbonyl (C=O) groups is 3. The highest BCUT2D eigenvalue weighted by Gasteiger charge is 2.46. The second-order valence-corrected chi connectivity index (χ2v) is 11.2. The molecular formula is C27H41N3O5. The Hall–Kier alpha value is -2.61. The molecule has 2 aliphatic rings. The third kappa shape index (κ3) is 7.69. The molecule has 1 aromatic rings. The maximum atomic E-state index is 14.0. The molecule has 3 rings (SSSR count). The Morgan fingerprint density at radius 2 is 1.51 bits per heavy atom. The minimum Gasteiger partial charge on any atom is -0.481 e. The van der Waals surface area contributed by atoms with Gasteiger partial charge in [-0.05, 0) is 84.0 Å². The van der Waals surface area contributed by atoms with Crippen LogP contribution in [0.2, 0.25) is 0 Å². The zero-order valence-electron chi connectivity index (χ0n) is 21.6. The van der Waals surface area contributed by atoms with E-state index in [0.717, 1.165) is 31.5 Å². The van der Waals surface area contributed by atoms with Gasteiger partial charge >= 0.3 is 12.1 Å². The number of nitrogens with one attached hydrogen (secondary N) is 1. The van der Waals surface area contributed by atoms with Crippen LogP contribution >= 0.6 is 0 Å². The molecule has 194 valence electrons. The van der Waals surface area contributed by atoms with Crippen LogP contribution < -0.4 is 5.32 Å². The summed E-state index contributed by atoms with van der Waals surface area (Å²) in [6.45, 7) is 8.57. The van der Waals surface area contributed by atoms with Gasteiger partial charge in [0, 0.05) is 19.5 Å². The van der Waals surface area contributed by atoms with E-state index >= 15 is 0 Å². The van der Waals surface area contributed by atoms with E-state index in [1.165, 1.54) is 12.8 Å². The molecule has 0 bridgehead atoms. The van der Waals surface area contributed by atoms with Gasteiger partial charge in [-0.25, -0.2) is 4.79 Å². The second kappa shape index (κ2) is 11.4. The minimum absolute atomic E-state index is 0.0765. The van der Waals surface area contributed by atoms with Gasteiger partial charge in [0.15, 0.2) is 0 Å². The SMILES string of the molecule is CN1CCC(C2CCN(C(=O)[C@](CC(=O)O)(Cc3ccccc3)NC(=O)OC(C)(C)C)CC2)CC1. The van der Waals surface area contributed by atoms with Gasteiger partial charge < -0.3 is 25.0 Å². The van der Waals surface area contributed by atoms with E-state index in [-0.39, 0.29) is 12.3 Å². The molecule has 2 N–H and O–H groups in total. The number of aliphatic carboxylic acids is 1. The summed E-state index contributed by atoms with van der Waals surface area (Å²) in [4.78, 5) is 42.9. The van der Waals surface area contributed by atoms with Gasteiger partial charge in [-0.1, -0.05) is 30.3 Å². The lowest BCUT2D eigenvalue weighted by molar-refractivity contribution is -0.148. The fourth-order valence-electron chi connectivity index (χ4n) is 5.43. The number of carboxylic acid groups (broad SMARTS) is 1. The number of amides is 2. The van der Waals surface area contributed by atoms with Crippen LogP contribution in [0.25, 0.3) is 0 Å². The molecule has 8 heteroatoms. The Morgan fingerprint density at radius 1 is 0.971 bits per heavy atom. The van der Waals surface area contributed by atoms with E-state index in [4.69, 9.17) is 4.74 Å². The summed E-state index contributed by atoms with van der Waals surface area (Å²) >= 11 is 0. The predicted molar refractivity (Wildman–Crippen MR) is 134 cm³/mol. The standard InChI is InChI=1S/C27H41N3O5/c1-26(2,3)35-25(34)28-27(19-23(31)32,18-20-8-6-5-7-9-20)24(33)30-16-12-22(13-17-30)21-10-14-29(4)15-11-21/h5-9,21-22H,10-19H2,1-4H3,(H,28,34)(H,31,32)/t27-/m1/s1. The van der Waals surface area contributed by atoms with Crippen LogP contribution in [0, 0.1) is 11.8 Å². The monoisotopic (exact) mass is 487 g/mol. The highest BCUT2D eigenvalue weighted by Crippen LogP contribution is 2.33. The van der Waals surface area contributed by atoms with Crippen molar-refractivity contribution in [3.63, 3.8) is 0 Å². The normalized spacial score (nSPS) is 20.2. The number of hydrogen-bond donors (Lipinski definition) is 2. The minimum atomic E-state index is -1.63. The third-order valence-electron chi connectivity index (χ3n) is 7.21. The number of nitrogens with zero attached hydrogens (tertiary/aromatic N) is 2. The van der Waals surface area contributed by atoms with Gasteiger partial charge in [-0.2, -0.15) is 0 Å². The van der Waals surface area contributed by atoms with Gasteiger partial charge in [0.05, 0.1) is 6.42 Å². The lowest BCUT2D eigenvalue weighted by atomic mass is 9.78. The van der Waals surface area contributed by atoms with E-state index in [2.05, 4.69) is 17.3 Å². The molecule has 0 unspecified atom stereocenters. The number of rotatable bonds is 7. The summed E-state index contributed by atoms with van der Waals surface area (Å²) < 4.78 is 5.44. The number of carboxylic acids is 1. The number of carbonyl (C=O) groups excluding carboxylic acids is 2. The average molecular weight is 488 g/mol. The Balaban J connectivity index is 1.80. The molecule has 2 heterocycles. The number of ether oxygens (including phenoxy) is 1. The fourth-order valence-corrected chi connectivity index (χ4v) is 5.43. The van der Waals surface area contributed by atoms with E-state index in [9.17, 15) is 19.5 Å². The number of piperidine rings is 2. The summed E-state index contributed by atoms with van der Waals surface area (Å²) in [6.07, 6.45) is 2.95. The van der Waals surface area contributed by atoms with Crippen LogP contribution in [-0.4, -0.2) is 77.2 Å². The van der Waals surface area contributed by atoms with Gasteiger partial charge in [-0.3, -0.25) is 9.59 Å². The summed E-state index contributed by atoms with van der Waals surface area (Å²) in [5.74, 6) is -0.242. The number of benzene rings is 1. The molecule has 0 aliphatic carbocycles. The fraction of sp³-hybridized carbons (Fsp3) is 0.667. The molecule has 0 aromatic heterocycles. The molecule has 2 fully saturated rings. The molecule has 2 amide bonds. The van der Waals surface area contributed by atoms with Crippen molar-refractivity contribution in [1.29, 1.82) is 0 Å². The van der Waals surface area contributed by atoms with Crippen molar-refractivity contribution in [3.8, 4) is 0 Å². The van der Waals surface area contributed by atoms with Crippen LogP contribution in [0.3, 0.4) is 0 Å². The van der Waals surface area contributed by atoms with Gasteiger partial charge in [0.25, 0.3) is 0 Å². The average Bonchev–Trinajstić information content (AvgIpc) is 2.78. The highest BCUT2D eigenvalue weighted by molar-refractivity contribution is 5.94. The summed E-state index contributed by atoms with van der Waals surface area (Å²) in [5.41, 5.74) is -1.63. The summed E-state index contributed by atoms with van der Waals surface area (Å²) in [6, 6.07) is 9.22. The molecule has 2 saturated heterocycles. The van der Waals surface area contributed by atoms with Crippen molar-refractivity contribution >= 4 is 18.0 Å². The summed E-state index contributed by atoms with van der Waals surface area (Å²) in [7, 11) is 2.16. The molecule has 0 radical (unpaired) electrons. The molecule has 2 aliphatic heterocycles. The van der Waals surface area contributed by atoms with Crippen molar-refractivity contribution in [3.05, 3.63) is 35.9 Å². The summed E-state index contributed by atoms with van der Waals surface area (Å²) in [5, 5.41) is 12.5. The molecular weight excluding hydrogens is 446 g/mol. The van der Waals surface area contributed by atoms with Crippen LogP contribution in [0.4, 0.5) is 4.79 Å². The van der Waals surface area contributed by atoms with Crippen molar-refractivity contribution in [1.82, 2.24) is 15.1 Å². The lowest BCUT2D eigenvalue weighted by Gasteiger charge is -2.43. The van der Waals surface area contributed by atoms with Crippen LogP contribution in [-0.2, 0) is 20.7 Å². The molecule has 0 spiro atoms. The molecule has 0 saturated carbocycles. The molecule has 1 atom stereocenters. The Morgan fingerprint density at radius 3 is 2.03 bits per heavy atom. The van der Waals surface area contributed by atoms with Crippen molar-refractivity contribution in [2.75, 3.05) is 33.2 Å². The molecule has 1 aromatic carbocycles. The van der Waals surface area contributed by atoms with E-state index in [1.807, 2.05) is 30.3 Å². The van der Waals surface area contributed by atoms with Gasteiger partial charge in [0.2, 0.25) is 5.91 Å². The van der Waals surface area contributed by atoms with E-state index < -0.39 is 29.6 Å². The molecule has 8 nitrogen and oxygen atoms in total. The Labute approximate surface area is 209 Å². The first kappa shape index (κ1) is 27.0. The van der Waals surface area contributed by atoms with Crippen molar-refractivity contribution in [2.24, 2.45) is 11.8 Å². The number of likely N-dealkylation sites (tertiary alicyclic amines) is 2. The second-order valence-electron chi connectivity index (χ2n) is 11.2. The largest absolute Gasteiger partial charge is 0.481 e. The third-order valence-corrected chi connectivity index (χ3v) is 7.21. The Bertz CT molecular complexity index is 869. The van der Waals surface area contributed by atoms with Crippen molar-refractivity contribution in [2.45, 2.75) is 70.4 Å². The Kier molecular flexibility index (Phi) is 8.80. The smallest absolute Gasteiger partial charge is 0.408 e. The topological polar surface area (TPSA) is 99.2 Å². The first-order valence-electron chi connectivity index (χ1n) is 12.7. The predicted octanol–water partition coefficient (Wildman–Crippen LogP) is 3.55. The zero-order valence-corrected chi connectivity index (χ0v) is 21.6. The van der Waals surface area contributed by atoms with E-state index in [0.29, 0.717) is 24.9 Å². The number of alkyl carbamates (subject to hydrolysis) is 1. The first-order chi connectivity index (χ1) is 16.5. The van der Waals surface area contributed by atoms with E-state index in [1.54, 1.807) is 25.7 Å². The van der Waals surface area contributed by atoms with Crippen LogP contribution in [0.15, 0.2) is 30.3 Å². The molecule has 35 heavy (non-hydrogen) atoms. The van der Waals surface area contributed by atoms with Gasteiger partial charge in [0.1, 0.15) is 11.1 Å². The maximum absolute atomic E-state index is 14.0. The van der Waals surface area contributed by atoms with Crippen LogP contribution in [0.1, 0.15) is 58.4 Å². The lowest BCUT2D eigenvalue weighted by Crippen LogP contribution is -2.63. The quantitative estimate of drug-likeness (QED) is 0.610.